The van der Waals surface area contributed by atoms with Gasteiger partial charge in [-0.2, -0.15) is 0 Å². The van der Waals surface area contributed by atoms with Crippen LogP contribution in [0, 0.1) is 5.92 Å². The third-order valence-corrected chi connectivity index (χ3v) is 7.46. The normalized spacial score (nSPS) is 17.1. The molecule has 5 rings (SSSR count). The molecule has 1 fully saturated rings. The zero-order chi connectivity index (χ0) is 26.2. The van der Waals surface area contributed by atoms with E-state index in [0.717, 1.165) is 38.9 Å². The van der Waals surface area contributed by atoms with Crippen LogP contribution >= 0.6 is 0 Å². The van der Waals surface area contributed by atoms with Crippen molar-refractivity contribution in [2.75, 3.05) is 13.6 Å². The van der Waals surface area contributed by atoms with Crippen molar-refractivity contribution in [3.8, 4) is 28.1 Å². The first-order chi connectivity index (χ1) is 17.8. The van der Waals surface area contributed by atoms with Gasteiger partial charge in [-0.3, -0.25) is 14.6 Å². The third-order valence-electron chi connectivity index (χ3n) is 7.46. The first kappa shape index (κ1) is 24.6. The SMILES string of the molecule is CNC(=O)C1CCN(C(=O)Cc2ccc(-c3cccc(-c4cc5cnccc5[nH]4)c3O)cc2)C(C)(C)C1. The maximum Gasteiger partial charge on any atom is 0.227 e. The molecule has 3 heterocycles. The van der Waals surface area contributed by atoms with Crippen LogP contribution in [-0.2, 0) is 16.0 Å². The van der Waals surface area contributed by atoms with Crippen molar-refractivity contribution in [2.24, 2.45) is 5.92 Å². The Kier molecular flexibility index (Phi) is 6.46. The molecule has 190 valence electrons. The molecule has 1 saturated heterocycles. The molecule has 37 heavy (non-hydrogen) atoms. The van der Waals surface area contributed by atoms with Crippen molar-refractivity contribution in [2.45, 2.75) is 38.6 Å². The predicted molar refractivity (Wildman–Crippen MR) is 145 cm³/mol. The number of phenols is 1. The van der Waals surface area contributed by atoms with Gasteiger partial charge in [0.2, 0.25) is 11.8 Å². The number of aromatic hydroxyl groups is 1. The van der Waals surface area contributed by atoms with Crippen LogP contribution in [0.1, 0.15) is 32.3 Å². The number of para-hydroxylation sites is 1. The second-order valence-electron chi connectivity index (χ2n) is 10.4. The van der Waals surface area contributed by atoms with Crippen LogP contribution in [0.15, 0.2) is 67.0 Å². The highest BCUT2D eigenvalue weighted by Gasteiger charge is 2.39. The number of piperidine rings is 1. The monoisotopic (exact) mass is 496 g/mol. The quantitative estimate of drug-likeness (QED) is 0.366. The lowest BCUT2D eigenvalue weighted by molar-refractivity contribution is -0.142. The third kappa shape index (κ3) is 4.81. The number of aromatic amines is 1. The maximum absolute atomic E-state index is 13.2. The highest BCUT2D eigenvalue weighted by Crippen LogP contribution is 2.39. The van der Waals surface area contributed by atoms with Gasteiger partial charge in [0.1, 0.15) is 5.75 Å². The number of H-pyrrole nitrogens is 1. The van der Waals surface area contributed by atoms with Gasteiger partial charge in [0, 0.05) is 59.5 Å². The Bertz CT molecular complexity index is 1420. The van der Waals surface area contributed by atoms with Crippen molar-refractivity contribution in [3.05, 3.63) is 72.6 Å². The number of hydrogen-bond acceptors (Lipinski definition) is 4. The van der Waals surface area contributed by atoms with E-state index in [2.05, 4.69) is 15.3 Å². The summed E-state index contributed by atoms with van der Waals surface area (Å²) in [6.45, 7) is 4.64. The lowest BCUT2D eigenvalue weighted by atomic mass is 9.82. The zero-order valence-corrected chi connectivity index (χ0v) is 21.4. The van der Waals surface area contributed by atoms with Crippen LogP contribution in [0.4, 0.5) is 0 Å². The first-order valence-electron chi connectivity index (χ1n) is 12.6. The minimum Gasteiger partial charge on any atom is -0.507 e. The fourth-order valence-electron chi connectivity index (χ4n) is 5.48. The Balaban J connectivity index is 1.32. The maximum atomic E-state index is 13.2. The second-order valence-corrected chi connectivity index (χ2v) is 10.4. The number of carbonyl (C=O) groups excluding carboxylic acids is 2. The summed E-state index contributed by atoms with van der Waals surface area (Å²) in [5.74, 6) is 0.246. The molecule has 4 aromatic rings. The highest BCUT2D eigenvalue weighted by molar-refractivity contribution is 5.89. The van der Waals surface area contributed by atoms with E-state index < -0.39 is 0 Å². The predicted octanol–water partition coefficient (Wildman–Crippen LogP) is 4.91. The van der Waals surface area contributed by atoms with Crippen LogP contribution in [0.25, 0.3) is 33.3 Å². The largest absolute Gasteiger partial charge is 0.507 e. The first-order valence-corrected chi connectivity index (χ1v) is 12.6. The van der Waals surface area contributed by atoms with Crippen LogP contribution in [0.2, 0.25) is 0 Å². The number of nitrogens with one attached hydrogen (secondary N) is 2. The average Bonchev–Trinajstić information content (AvgIpc) is 3.32. The number of aromatic nitrogens is 2. The van der Waals surface area contributed by atoms with Gasteiger partial charge < -0.3 is 20.3 Å². The molecular weight excluding hydrogens is 464 g/mol. The molecule has 0 radical (unpaired) electrons. The van der Waals surface area contributed by atoms with Gasteiger partial charge in [-0.05, 0) is 56.0 Å². The van der Waals surface area contributed by atoms with E-state index in [1.54, 1.807) is 19.4 Å². The molecule has 0 spiro atoms. The molecule has 2 aromatic heterocycles. The Morgan fingerprint density at radius 1 is 1.14 bits per heavy atom. The van der Waals surface area contributed by atoms with E-state index in [4.69, 9.17) is 0 Å². The van der Waals surface area contributed by atoms with Gasteiger partial charge in [-0.15, -0.1) is 0 Å². The van der Waals surface area contributed by atoms with E-state index in [1.165, 1.54) is 0 Å². The minimum atomic E-state index is -0.378. The van der Waals surface area contributed by atoms with Gasteiger partial charge >= 0.3 is 0 Å². The Morgan fingerprint density at radius 2 is 1.89 bits per heavy atom. The Hall–Kier alpha value is -4.13. The molecule has 2 amide bonds. The van der Waals surface area contributed by atoms with E-state index >= 15 is 0 Å². The summed E-state index contributed by atoms with van der Waals surface area (Å²) >= 11 is 0. The average molecular weight is 497 g/mol. The standard InChI is InChI=1S/C30H32N4O3/c1-30(2)17-21(29(37)31-3)12-14-34(30)27(35)15-19-7-9-20(10-8-19)23-5-4-6-24(28(23)36)26-16-22-18-32-13-11-25(22)33-26/h4-11,13,16,18,21,33,36H,12,14-15,17H2,1-3H3,(H,31,37). The molecule has 1 unspecified atom stereocenters. The van der Waals surface area contributed by atoms with Crippen molar-refractivity contribution in [3.63, 3.8) is 0 Å². The number of amides is 2. The van der Waals surface area contributed by atoms with Gasteiger partial charge in [-0.1, -0.05) is 36.4 Å². The molecule has 7 heteroatoms. The molecule has 0 bridgehead atoms. The topological polar surface area (TPSA) is 98.3 Å². The summed E-state index contributed by atoms with van der Waals surface area (Å²) in [4.78, 5) is 34.7. The summed E-state index contributed by atoms with van der Waals surface area (Å²) in [6.07, 6.45) is 5.15. The van der Waals surface area contributed by atoms with Crippen molar-refractivity contribution < 1.29 is 14.7 Å². The molecule has 1 atom stereocenters. The van der Waals surface area contributed by atoms with Gasteiger partial charge in [0.05, 0.1) is 12.1 Å². The molecule has 1 aliphatic rings. The number of nitrogens with zero attached hydrogens (tertiary/aromatic N) is 2. The number of likely N-dealkylation sites (tertiary alicyclic amines) is 1. The minimum absolute atomic E-state index is 0.0460. The van der Waals surface area contributed by atoms with E-state index in [0.29, 0.717) is 25.8 Å². The van der Waals surface area contributed by atoms with Crippen LogP contribution in [0.3, 0.4) is 0 Å². The van der Waals surface area contributed by atoms with Gasteiger partial charge in [0.15, 0.2) is 0 Å². The highest BCUT2D eigenvalue weighted by atomic mass is 16.3. The summed E-state index contributed by atoms with van der Waals surface area (Å²) in [5.41, 5.74) is 4.64. The summed E-state index contributed by atoms with van der Waals surface area (Å²) in [5, 5.41) is 14.8. The van der Waals surface area contributed by atoms with Crippen molar-refractivity contribution in [1.82, 2.24) is 20.2 Å². The lowest BCUT2D eigenvalue weighted by Gasteiger charge is -2.45. The van der Waals surface area contributed by atoms with Crippen molar-refractivity contribution in [1.29, 1.82) is 0 Å². The fraction of sp³-hybridized carbons (Fsp3) is 0.300. The molecule has 0 saturated carbocycles. The molecule has 0 aliphatic carbocycles. The number of phenolic OH excluding ortho intramolecular Hbond substituents is 1. The fourth-order valence-corrected chi connectivity index (χ4v) is 5.48. The second kappa shape index (κ2) is 9.73. The molecule has 3 N–H and O–H groups in total. The molecule has 7 nitrogen and oxygen atoms in total. The molecule has 1 aliphatic heterocycles. The lowest BCUT2D eigenvalue weighted by Crippen LogP contribution is -2.55. The van der Waals surface area contributed by atoms with Crippen LogP contribution < -0.4 is 5.32 Å². The number of hydrogen-bond donors (Lipinski definition) is 3. The number of fused-ring (bicyclic) bond motifs is 1. The molecular formula is C30H32N4O3. The smallest absolute Gasteiger partial charge is 0.227 e. The zero-order valence-electron chi connectivity index (χ0n) is 21.4. The van der Waals surface area contributed by atoms with Crippen LogP contribution in [0.5, 0.6) is 5.75 Å². The van der Waals surface area contributed by atoms with E-state index in [9.17, 15) is 14.7 Å². The van der Waals surface area contributed by atoms with Crippen molar-refractivity contribution >= 4 is 22.7 Å². The Morgan fingerprint density at radius 3 is 2.59 bits per heavy atom. The molecule has 2 aromatic carbocycles. The summed E-state index contributed by atoms with van der Waals surface area (Å²) < 4.78 is 0. The Labute approximate surface area is 216 Å². The number of rotatable bonds is 5. The number of benzene rings is 2. The van der Waals surface area contributed by atoms with Gasteiger partial charge in [-0.25, -0.2) is 0 Å². The summed E-state index contributed by atoms with van der Waals surface area (Å²) in [6, 6.07) is 17.4. The van der Waals surface area contributed by atoms with E-state index in [1.807, 2.05) is 73.3 Å². The number of carbonyl (C=O) groups is 2. The summed E-state index contributed by atoms with van der Waals surface area (Å²) in [7, 11) is 1.66. The number of pyridine rings is 1. The van der Waals surface area contributed by atoms with Gasteiger partial charge in [0.25, 0.3) is 0 Å². The van der Waals surface area contributed by atoms with E-state index in [-0.39, 0.29) is 29.0 Å². The van der Waals surface area contributed by atoms with Crippen LogP contribution in [-0.4, -0.2) is 50.9 Å².